The van der Waals surface area contributed by atoms with Crippen molar-refractivity contribution >= 4 is 6.41 Å². The first-order valence-electron chi connectivity index (χ1n) is 3.76. The molecule has 0 atom stereocenters. The normalized spacial score (nSPS) is 11.1. The molecule has 10 heavy (non-hydrogen) atoms. The van der Waals surface area contributed by atoms with E-state index in [0.717, 1.165) is 12.8 Å². The van der Waals surface area contributed by atoms with Gasteiger partial charge in [-0.05, 0) is 20.3 Å². The molecule has 0 saturated heterocycles. The number of nitrogens with one attached hydrogen (secondary N) is 1. The molecule has 0 aromatic heterocycles. The molecule has 0 rings (SSSR count). The second kappa shape index (κ2) is 4.31. The summed E-state index contributed by atoms with van der Waals surface area (Å²) in [5, 5.41) is 2.65. The van der Waals surface area contributed by atoms with Crippen LogP contribution in [-0.2, 0) is 4.79 Å². The molecule has 2 nitrogen and oxygen atoms in total. The molecule has 0 fully saturated rings. The summed E-state index contributed by atoms with van der Waals surface area (Å²) in [7, 11) is 0. The summed E-state index contributed by atoms with van der Waals surface area (Å²) >= 11 is 0. The summed E-state index contributed by atoms with van der Waals surface area (Å²) in [4.78, 5) is 9.95. The van der Waals surface area contributed by atoms with Gasteiger partial charge in [-0.25, -0.2) is 0 Å². The van der Waals surface area contributed by atoms with Crippen LogP contribution in [0.3, 0.4) is 0 Å². The van der Waals surface area contributed by atoms with Gasteiger partial charge in [0.25, 0.3) is 0 Å². The lowest BCUT2D eigenvalue weighted by molar-refractivity contribution is 0.395. The van der Waals surface area contributed by atoms with E-state index in [0.29, 0.717) is 0 Å². The molecule has 59 valence electrons. The zero-order chi connectivity index (χ0) is 8.04. The first-order chi connectivity index (χ1) is 4.62. The topological polar surface area (TPSA) is 29.1 Å². The Morgan fingerprint density at radius 2 is 2.10 bits per heavy atom. The second-order valence-electron chi connectivity index (χ2n) is 3.21. The van der Waals surface area contributed by atoms with Crippen molar-refractivity contribution in [3.8, 4) is 0 Å². The van der Waals surface area contributed by atoms with E-state index >= 15 is 0 Å². The molecule has 1 amide bonds. The van der Waals surface area contributed by atoms with Crippen LogP contribution in [-0.4, -0.2) is 11.9 Å². The van der Waals surface area contributed by atoms with Gasteiger partial charge >= 0.3 is 6.41 Å². The fraction of sp³-hybridized carbons (Fsp3) is 0.875. The Kier molecular flexibility index (Phi) is 4.08. The summed E-state index contributed by atoms with van der Waals surface area (Å²) in [6.07, 6.45) is 5.07. The largest absolute Gasteiger partial charge is 0.343 e. The monoisotopic (exact) mass is 142 g/mol. The predicted molar refractivity (Wildman–Crippen MR) is 42.4 cm³/mol. The maximum absolute atomic E-state index is 9.95. The van der Waals surface area contributed by atoms with Gasteiger partial charge in [0.2, 0.25) is 0 Å². The van der Waals surface area contributed by atoms with Crippen molar-refractivity contribution in [3.05, 3.63) is 0 Å². The number of rotatable bonds is 5. The van der Waals surface area contributed by atoms with E-state index in [4.69, 9.17) is 0 Å². The molecule has 1 radical (unpaired) electrons. The van der Waals surface area contributed by atoms with Crippen molar-refractivity contribution in [1.29, 1.82) is 0 Å². The third-order valence-electron chi connectivity index (χ3n) is 1.54. The lowest BCUT2D eigenvalue weighted by Crippen LogP contribution is -2.37. The van der Waals surface area contributed by atoms with Gasteiger partial charge in [-0.15, -0.1) is 0 Å². The third kappa shape index (κ3) is 4.36. The maximum Gasteiger partial charge on any atom is 0.309 e. The van der Waals surface area contributed by atoms with Crippen LogP contribution in [0.15, 0.2) is 0 Å². The average molecular weight is 142 g/mol. The third-order valence-corrected chi connectivity index (χ3v) is 1.54. The van der Waals surface area contributed by atoms with E-state index in [-0.39, 0.29) is 5.54 Å². The first-order valence-corrected chi connectivity index (χ1v) is 3.76. The van der Waals surface area contributed by atoms with E-state index in [1.54, 1.807) is 6.41 Å². The molecule has 0 aliphatic carbocycles. The van der Waals surface area contributed by atoms with Crippen molar-refractivity contribution < 1.29 is 4.79 Å². The van der Waals surface area contributed by atoms with Gasteiger partial charge in [-0.3, -0.25) is 4.79 Å². The minimum Gasteiger partial charge on any atom is -0.343 e. The Hall–Kier alpha value is -0.530. The Morgan fingerprint density at radius 1 is 1.50 bits per heavy atom. The number of hydrogen-bond donors (Lipinski definition) is 1. The molecule has 0 aromatic rings. The Bertz CT molecular complexity index is 99.4. The molecule has 0 aliphatic rings. The number of unbranched alkanes of at least 4 members (excludes halogenated alkanes) is 1. The van der Waals surface area contributed by atoms with Gasteiger partial charge in [-0.1, -0.05) is 19.8 Å². The van der Waals surface area contributed by atoms with Crippen molar-refractivity contribution in [2.45, 2.75) is 45.6 Å². The zero-order valence-electron chi connectivity index (χ0n) is 7.03. The predicted octanol–water partition coefficient (Wildman–Crippen LogP) is 1.61. The summed E-state index contributed by atoms with van der Waals surface area (Å²) in [6.45, 7) is 6.15. The van der Waals surface area contributed by atoms with Crippen molar-refractivity contribution in [2.75, 3.05) is 0 Å². The van der Waals surface area contributed by atoms with Crippen LogP contribution in [0.25, 0.3) is 0 Å². The van der Waals surface area contributed by atoms with Crippen LogP contribution in [0.1, 0.15) is 40.0 Å². The van der Waals surface area contributed by atoms with Gasteiger partial charge < -0.3 is 5.32 Å². The van der Waals surface area contributed by atoms with Crippen LogP contribution in [0.4, 0.5) is 0 Å². The molecular formula is C8H16NO. The first kappa shape index (κ1) is 9.47. The standard InChI is InChI=1S/C8H16NO/c1-4-5-6-8(2,3)9-7-10/h4-6H2,1-3H3,(H,9,10). The summed E-state index contributed by atoms with van der Waals surface area (Å²) < 4.78 is 0. The molecule has 0 bridgehead atoms. The minimum absolute atomic E-state index is 0.0717. The smallest absolute Gasteiger partial charge is 0.309 e. The molecule has 1 N–H and O–H groups in total. The average Bonchev–Trinajstić information content (AvgIpc) is 1.84. The van der Waals surface area contributed by atoms with Crippen LogP contribution in [0.2, 0.25) is 0 Å². The zero-order valence-corrected chi connectivity index (χ0v) is 7.03. The highest BCUT2D eigenvalue weighted by atomic mass is 16.1. The van der Waals surface area contributed by atoms with Crippen LogP contribution < -0.4 is 5.32 Å². The lowest BCUT2D eigenvalue weighted by atomic mass is 9.98. The van der Waals surface area contributed by atoms with Gasteiger partial charge in [0.15, 0.2) is 0 Å². The quantitative estimate of drug-likeness (QED) is 0.580. The van der Waals surface area contributed by atoms with E-state index in [9.17, 15) is 4.79 Å². The molecule has 0 aromatic carbocycles. The highest BCUT2D eigenvalue weighted by Crippen LogP contribution is 2.11. The van der Waals surface area contributed by atoms with E-state index in [1.165, 1.54) is 6.42 Å². The highest BCUT2D eigenvalue weighted by molar-refractivity contribution is 5.48. The Labute approximate surface area is 63.0 Å². The molecule has 0 aliphatic heterocycles. The highest BCUT2D eigenvalue weighted by Gasteiger charge is 2.14. The number of hydrogen-bond acceptors (Lipinski definition) is 1. The minimum atomic E-state index is -0.0717. The summed E-state index contributed by atoms with van der Waals surface area (Å²) in [5.41, 5.74) is -0.0717. The summed E-state index contributed by atoms with van der Waals surface area (Å²) in [6, 6.07) is 0. The summed E-state index contributed by atoms with van der Waals surface area (Å²) in [5.74, 6) is 0. The van der Waals surface area contributed by atoms with Gasteiger partial charge in [-0.2, -0.15) is 0 Å². The second-order valence-corrected chi connectivity index (χ2v) is 3.21. The molecule has 0 saturated carbocycles. The number of amides is 1. The molecular weight excluding hydrogens is 126 g/mol. The molecule has 0 spiro atoms. The van der Waals surface area contributed by atoms with Crippen molar-refractivity contribution in [1.82, 2.24) is 5.32 Å². The molecule has 2 heteroatoms. The van der Waals surface area contributed by atoms with Gasteiger partial charge in [0.05, 0.1) is 0 Å². The molecule has 0 heterocycles. The van der Waals surface area contributed by atoms with Crippen molar-refractivity contribution in [2.24, 2.45) is 0 Å². The number of carbonyl (C=O) groups excluding carboxylic acids is 1. The maximum atomic E-state index is 9.95. The Morgan fingerprint density at radius 3 is 2.50 bits per heavy atom. The van der Waals surface area contributed by atoms with Crippen LogP contribution in [0, 0.1) is 0 Å². The SMILES string of the molecule is CCCCC(C)(C)N[C]=O. The van der Waals surface area contributed by atoms with E-state index in [2.05, 4.69) is 12.2 Å². The van der Waals surface area contributed by atoms with Crippen LogP contribution >= 0.6 is 0 Å². The van der Waals surface area contributed by atoms with Crippen LogP contribution in [0.5, 0.6) is 0 Å². The van der Waals surface area contributed by atoms with Gasteiger partial charge in [0, 0.05) is 5.54 Å². The molecule has 0 unspecified atom stereocenters. The lowest BCUT2D eigenvalue weighted by Gasteiger charge is -2.22. The van der Waals surface area contributed by atoms with Gasteiger partial charge in [0.1, 0.15) is 0 Å². The fourth-order valence-electron chi connectivity index (χ4n) is 0.819. The van der Waals surface area contributed by atoms with Crippen molar-refractivity contribution in [3.63, 3.8) is 0 Å². The fourth-order valence-corrected chi connectivity index (χ4v) is 0.819. The Balaban J connectivity index is 3.51. The van der Waals surface area contributed by atoms with E-state index < -0.39 is 0 Å². The van der Waals surface area contributed by atoms with E-state index in [1.807, 2.05) is 13.8 Å².